The molecule has 1 heterocycles. The van der Waals surface area contributed by atoms with Crippen molar-refractivity contribution in [2.45, 2.75) is 37.0 Å². The number of thiazole rings is 1. The average molecular weight is 382 g/mol. The van der Waals surface area contributed by atoms with E-state index < -0.39 is 14.9 Å². The number of nitro groups is 1. The van der Waals surface area contributed by atoms with E-state index >= 15 is 0 Å². The van der Waals surface area contributed by atoms with Gasteiger partial charge in [-0.3, -0.25) is 10.1 Å². The van der Waals surface area contributed by atoms with Crippen molar-refractivity contribution >= 4 is 32.7 Å². The Hall–Kier alpha value is -2.04. The summed E-state index contributed by atoms with van der Waals surface area (Å²) in [6.45, 7) is 0.465. The predicted molar refractivity (Wildman–Crippen MR) is 95.4 cm³/mol. The number of nitrogens with one attached hydrogen (secondary N) is 1. The minimum absolute atomic E-state index is 0.259. The zero-order chi connectivity index (χ0) is 18.0. The van der Waals surface area contributed by atoms with E-state index in [1.54, 1.807) is 11.3 Å². The van der Waals surface area contributed by atoms with Crippen molar-refractivity contribution in [1.82, 2.24) is 4.98 Å². The Morgan fingerprint density at radius 3 is 2.76 bits per heavy atom. The second kappa shape index (κ2) is 7.06. The molecule has 134 valence electrons. The number of non-ortho nitro benzene ring substituents is 1. The molecule has 0 spiro atoms. The number of anilines is 1. The summed E-state index contributed by atoms with van der Waals surface area (Å²) < 4.78 is 23.4. The molecule has 0 fully saturated rings. The lowest BCUT2D eigenvalue weighted by molar-refractivity contribution is -0.385. The van der Waals surface area contributed by atoms with Gasteiger partial charge in [0.05, 0.1) is 21.3 Å². The van der Waals surface area contributed by atoms with E-state index in [1.807, 2.05) is 0 Å². The molecule has 25 heavy (non-hydrogen) atoms. The lowest BCUT2D eigenvalue weighted by Crippen LogP contribution is -2.16. The van der Waals surface area contributed by atoms with Crippen LogP contribution in [0.1, 0.15) is 28.4 Å². The van der Waals surface area contributed by atoms with E-state index in [0.29, 0.717) is 13.0 Å². The van der Waals surface area contributed by atoms with Gasteiger partial charge in [0.1, 0.15) is 4.90 Å². The van der Waals surface area contributed by atoms with Crippen molar-refractivity contribution in [3.8, 4) is 0 Å². The highest BCUT2D eigenvalue weighted by molar-refractivity contribution is 7.89. The van der Waals surface area contributed by atoms with Gasteiger partial charge in [0, 0.05) is 30.0 Å². The van der Waals surface area contributed by atoms with Crippen LogP contribution in [0.4, 0.5) is 11.4 Å². The number of fused-ring (bicyclic) bond motifs is 1. The second-order valence-electron chi connectivity index (χ2n) is 5.84. The Kier molecular flexibility index (Phi) is 5.02. The number of hydrogen-bond acceptors (Lipinski definition) is 7. The predicted octanol–water partition coefficient (Wildman–Crippen LogP) is 2.23. The molecule has 0 saturated carbocycles. The molecule has 3 rings (SSSR count). The molecule has 3 N–H and O–H groups in total. The van der Waals surface area contributed by atoms with E-state index in [9.17, 15) is 18.5 Å². The van der Waals surface area contributed by atoms with Gasteiger partial charge in [0.2, 0.25) is 10.0 Å². The number of hydrogen-bond donors (Lipinski definition) is 2. The summed E-state index contributed by atoms with van der Waals surface area (Å²) in [7, 11) is -4.07. The van der Waals surface area contributed by atoms with Crippen molar-refractivity contribution in [3.63, 3.8) is 0 Å². The first-order valence-corrected chi connectivity index (χ1v) is 10.2. The van der Waals surface area contributed by atoms with Crippen LogP contribution in [0.5, 0.6) is 0 Å². The second-order valence-corrected chi connectivity index (χ2v) is 8.54. The summed E-state index contributed by atoms with van der Waals surface area (Å²) in [4.78, 5) is 15.9. The summed E-state index contributed by atoms with van der Waals surface area (Å²) in [5.74, 6) is 0. The van der Waals surface area contributed by atoms with Crippen LogP contribution in [0.3, 0.4) is 0 Å². The van der Waals surface area contributed by atoms with Gasteiger partial charge >= 0.3 is 0 Å². The van der Waals surface area contributed by atoms with Crippen molar-refractivity contribution < 1.29 is 13.3 Å². The normalized spacial score (nSPS) is 14.1. The van der Waals surface area contributed by atoms with E-state index in [0.717, 1.165) is 23.9 Å². The number of primary sulfonamides is 1. The maximum atomic E-state index is 11.7. The maximum absolute atomic E-state index is 11.7. The fourth-order valence-corrected chi connectivity index (χ4v) is 4.71. The van der Waals surface area contributed by atoms with E-state index in [2.05, 4.69) is 10.3 Å². The molecule has 0 atom stereocenters. The monoisotopic (exact) mass is 382 g/mol. The molecule has 0 radical (unpaired) electrons. The minimum atomic E-state index is -4.07. The number of rotatable bonds is 6. The van der Waals surface area contributed by atoms with E-state index in [-0.39, 0.29) is 16.3 Å². The van der Waals surface area contributed by atoms with Crippen LogP contribution in [0.15, 0.2) is 23.1 Å². The first-order valence-electron chi connectivity index (χ1n) is 7.87. The van der Waals surface area contributed by atoms with Crippen LogP contribution in [0.2, 0.25) is 0 Å². The van der Waals surface area contributed by atoms with Crippen molar-refractivity contribution in [2.75, 3.05) is 11.9 Å². The smallest absolute Gasteiger partial charge is 0.270 e. The fraction of sp³-hybridized carbons (Fsp3) is 0.400. The Bertz CT molecular complexity index is 885. The van der Waals surface area contributed by atoms with Crippen LogP contribution in [0.25, 0.3) is 0 Å². The highest BCUT2D eigenvalue weighted by atomic mass is 32.2. The van der Waals surface area contributed by atoms with Crippen LogP contribution in [0, 0.1) is 10.1 Å². The number of nitro benzene ring substituents is 1. The molecule has 0 saturated heterocycles. The van der Waals surface area contributed by atoms with Crippen LogP contribution in [-0.4, -0.2) is 24.9 Å². The van der Waals surface area contributed by atoms with Gasteiger partial charge in [-0.1, -0.05) is 0 Å². The molecule has 1 aliphatic carbocycles. The Morgan fingerprint density at radius 1 is 1.32 bits per heavy atom. The van der Waals surface area contributed by atoms with E-state index in [1.165, 1.54) is 35.5 Å². The highest BCUT2D eigenvalue weighted by Gasteiger charge is 2.19. The zero-order valence-electron chi connectivity index (χ0n) is 13.4. The minimum Gasteiger partial charge on any atom is -0.384 e. The molecule has 0 unspecified atom stereocenters. The summed E-state index contributed by atoms with van der Waals surface area (Å²) in [6, 6.07) is 3.59. The highest BCUT2D eigenvalue weighted by Crippen LogP contribution is 2.28. The van der Waals surface area contributed by atoms with Gasteiger partial charge in [-0.25, -0.2) is 18.5 Å². The molecular weight excluding hydrogens is 364 g/mol. The van der Waals surface area contributed by atoms with Crippen molar-refractivity contribution in [3.05, 3.63) is 43.9 Å². The summed E-state index contributed by atoms with van der Waals surface area (Å²) in [5.41, 5.74) is 1.13. The summed E-state index contributed by atoms with van der Waals surface area (Å²) in [5, 5.41) is 20.0. The van der Waals surface area contributed by atoms with Gasteiger partial charge in [-0.2, -0.15) is 0 Å². The fourth-order valence-electron chi connectivity index (χ4n) is 2.82. The largest absolute Gasteiger partial charge is 0.384 e. The first kappa shape index (κ1) is 17.8. The number of nitrogens with zero attached hydrogens (tertiary/aromatic N) is 2. The number of aromatic nitrogens is 1. The third-order valence-electron chi connectivity index (χ3n) is 4.03. The molecule has 0 bridgehead atoms. The molecule has 1 aromatic carbocycles. The summed E-state index contributed by atoms with van der Waals surface area (Å²) in [6.07, 6.45) is 5.14. The van der Waals surface area contributed by atoms with E-state index in [4.69, 9.17) is 5.14 Å². The van der Waals surface area contributed by atoms with Gasteiger partial charge in [-0.05, 0) is 31.7 Å². The quantitative estimate of drug-likeness (QED) is 0.582. The Morgan fingerprint density at radius 2 is 2.08 bits per heavy atom. The molecular formula is C15H18N4O4S2. The SMILES string of the molecule is NS(=O)(=O)c1cc([N+](=O)[O-])ccc1NCCc1nc2c(s1)CCCC2. The molecule has 10 heteroatoms. The molecule has 0 aliphatic heterocycles. The van der Waals surface area contributed by atoms with Gasteiger partial charge in [-0.15, -0.1) is 11.3 Å². The maximum Gasteiger partial charge on any atom is 0.270 e. The van der Waals surface area contributed by atoms with Crippen LogP contribution < -0.4 is 10.5 Å². The Balaban J connectivity index is 1.72. The topological polar surface area (TPSA) is 128 Å². The van der Waals surface area contributed by atoms with Crippen molar-refractivity contribution in [1.29, 1.82) is 0 Å². The van der Waals surface area contributed by atoms with Crippen LogP contribution >= 0.6 is 11.3 Å². The summed E-state index contributed by atoms with van der Waals surface area (Å²) >= 11 is 1.70. The van der Waals surface area contributed by atoms with Crippen LogP contribution in [-0.2, 0) is 29.3 Å². The molecule has 1 aromatic heterocycles. The van der Waals surface area contributed by atoms with Crippen molar-refractivity contribution in [2.24, 2.45) is 5.14 Å². The molecule has 8 nitrogen and oxygen atoms in total. The standard InChI is InChI=1S/C15H18N4O4S2/c16-25(22,23)14-9-10(19(20)21)5-6-12(14)17-8-7-15-18-11-3-1-2-4-13(11)24-15/h5-6,9,17H,1-4,7-8H2,(H2,16,22,23). The van der Waals surface area contributed by atoms with Gasteiger partial charge in [0.25, 0.3) is 5.69 Å². The molecule has 2 aromatic rings. The number of nitrogens with two attached hydrogens (primary N) is 1. The van der Waals surface area contributed by atoms with Gasteiger partial charge < -0.3 is 5.32 Å². The molecule has 1 aliphatic rings. The molecule has 0 amide bonds. The third kappa shape index (κ3) is 4.14. The third-order valence-corrected chi connectivity index (χ3v) is 6.19. The van der Waals surface area contributed by atoms with Gasteiger partial charge in [0.15, 0.2) is 0 Å². The lowest BCUT2D eigenvalue weighted by Gasteiger charge is -2.10. The zero-order valence-corrected chi connectivity index (χ0v) is 15.0. The average Bonchev–Trinajstić information content (AvgIpc) is 2.96. The first-order chi connectivity index (χ1) is 11.8. The Labute approximate surface area is 149 Å². The lowest BCUT2D eigenvalue weighted by atomic mass is 10.0. The number of aryl methyl sites for hydroxylation is 2. The number of benzene rings is 1. The number of sulfonamides is 1.